The summed E-state index contributed by atoms with van der Waals surface area (Å²) in [6, 6.07) is 11.5. The first-order chi connectivity index (χ1) is 12.3. The number of carbonyl (C=O) groups excluding carboxylic acids is 1. The molecule has 1 amide bonds. The summed E-state index contributed by atoms with van der Waals surface area (Å²) >= 11 is 0. The first-order valence-electron chi connectivity index (χ1n) is 8.82. The molecule has 2 heterocycles. The van der Waals surface area contributed by atoms with Crippen LogP contribution in [0.1, 0.15) is 36.5 Å². The summed E-state index contributed by atoms with van der Waals surface area (Å²) in [6.45, 7) is 4.19. The molecule has 1 N–H and O–H groups in total. The number of amides is 1. The van der Waals surface area contributed by atoms with Crippen LogP contribution in [0.25, 0.3) is 0 Å². The van der Waals surface area contributed by atoms with E-state index in [9.17, 15) is 4.79 Å². The van der Waals surface area contributed by atoms with Crippen molar-refractivity contribution in [1.82, 2.24) is 15.1 Å². The number of rotatable bonds is 6. The maximum absolute atomic E-state index is 12.7. The van der Waals surface area contributed by atoms with Gasteiger partial charge in [-0.1, -0.05) is 13.0 Å². The maximum atomic E-state index is 12.7. The Morgan fingerprint density at radius 1 is 1.28 bits per heavy atom. The highest BCUT2D eigenvalue weighted by Crippen LogP contribution is 2.19. The minimum atomic E-state index is 0.0694. The second-order valence-electron chi connectivity index (χ2n) is 6.20. The molecule has 6 heteroatoms. The molecule has 0 saturated carbocycles. The van der Waals surface area contributed by atoms with E-state index in [-0.39, 0.29) is 5.91 Å². The van der Waals surface area contributed by atoms with Crippen LogP contribution in [0.5, 0.6) is 5.75 Å². The van der Waals surface area contributed by atoms with Gasteiger partial charge in [0.05, 0.1) is 6.61 Å². The second-order valence-corrected chi connectivity index (χ2v) is 6.20. The standard InChI is InChI=1S/C19H24N4O2/c1-2-13-25-17-6-3-5-15(14-17)19(24)23-11-8-16(9-12-23)21-18-7-4-10-20-22-18/h3-7,10,14,16H,2,8-9,11-13H2,1H3,(H,21,22). The number of nitrogens with one attached hydrogen (secondary N) is 1. The molecule has 1 aliphatic heterocycles. The van der Waals surface area contributed by atoms with Crippen molar-refractivity contribution >= 4 is 11.7 Å². The van der Waals surface area contributed by atoms with Gasteiger partial charge >= 0.3 is 0 Å². The van der Waals surface area contributed by atoms with Crippen LogP contribution >= 0.6 is 0 Å². The van der Waals surface area contributed by atoms with Gasteiger partial charge in [-0.15, -0.1) is 5.10 Å². The lowest BCUT2D eigenvalue weighted by atomic mass is 10.0. The Bertz CT molecular complexity index is 685. The van der Waals surface area contributed by atoms with Gasteiger partial charge < -0.3 is 15.0 Å². The summed E-state index contributed by atoms with van der Waals surface area (Å²) in [6.07, 6.45) is 4.40. The van der Waals surface area contributed by atoms with Gasteiger partial charge in [0.15, 0.2) is 0 Å². The third-order valence-electron chi connectivity index (χ3n) is 4.26. The number of benzene rings is 1. The fraction of sp³-hybridized carbons (Fsp3) is 0.421. The smallest absolute Gasteiger partial charge is 0.253 e. The van der Waals surface area contributed by atoms with Gasteiger partial charge in [-0.2, -0.15) is 5.10 Å². The number of anilines is 1. The summed E-state index contributed by atoms with van der Waals surface area (Å²) in [5, 5.41) is 11.3. The number of likely N-dealkylation sites (tertiary alicyclic amines) is 1. The molecular weight excluding hydrogens is 316 g/mol. The summed E-state index contributed by atoms with van der Waals surface area (Å²) in [7, 11) is 0. The topological polar surface area (TPSA) is 67.3 Å². The zero-order valence-corrected chi connectivity index (χ0v) is 14.5. The van der Waals surface area contributed by atoms with Crippen LogP contribution in [0.15, 0.2) is 42.6 Å². The lowest BCUT2D eigenvalue weighted by Crippen LogP contribution is -2.42. The molecule has 132 valence electrons. The Morgan fingerprint density at radius 2 is 2.12 bits per heavy atom. The van der Waals surface area contributed by atoms with Gasteiger partial charge in [-0.25, -0.2) is 0 Å². The molecule has 25 heavy (non-hydrogen) atoms. The number of nitrogens with zero attached hydrogens (tertiary/aromatic N) is 3. The predicted molar refractivity (Wildman–Crippen MR) is 96.8 cm³/mol. The average molecular weight is 340 g/mol. The quantitative estimate of drug-likeness (QED) is 0.875. The van der Waals surface area contributed by atoms with E-state index in [2.05, 4.69) is 22.4 Å². The highest BCUT2D eigenvalue weighted by atomic mass is 16.5. The molecule has 1 saturated heterocycles. The number of ether oxygens (including phenoxy) is 1. The van der Waals surface area contributed by atoms with Crippen LogP contribution < -0.4 is 10.1 Å². The third-order valence-corrected chi connectivity index (χ3v) is 4.26. The third kappa shape index (κ3) is 4.68. The van der Waals surface area contributed by atoms with Gasteiger partial charge in [-0.05, 0) is 49.6 Å². The van der Waals surface area contributed by atoms with E-state index in [1.54, 1.807) is 6.20 Å². The van der Waals surface area contributed by atoms with Gasteiger partial charge in [0.25, 0.3) is 5.91 Å². The van der Waals surface area contributed by atoms with Crippen LogP contribution in [0.3, 0.4) is 0 Å². The molecule has 0 unspecified atom stereocenters. The zero-order valence-electron chi connectivity index (χ0n) is 14.5. The van der Waals surface area contributed by atoms with Gasteiger partial charge in [-0.3, -0.25) is 4.79 Å². The SMILES string of the molecule is CCCOc1cccc(C(=O)N2CCC(Nc3cccnn3)CC2)c1. The Kier molecular flexibility index (Phi) is 5.82. The molecule has 0 spiro atoms. The number of carbonyl (C=O) groups is 1. The number of hydrogen-bond acceptors (Lipinski definition) is 5. The molecule has 0 bridgehead atoms. The molecule has 1 aromatic carbocycles. The van der Waals surface area contributed by atoms with E-state index < -0.39 is 0 Å². The van der Waals surface area contributed by atoms with Gasteiger partial charge in [0.1, 0.15) is 11.6 Å². The first-order valence-corrected chi connectivity index (χ1v) is 8.82. The minimum Gasteiger partial charge on any atom is -0.494 e. The molecule has 6 nitrogen and oxygen atoms in total. The van der Waals surface area contributed by atoms with E-state index >= 15 is 0 Å². The molecule has 0 radical (unpaired) electrons. The lowest BCUT2D eigenvalue weighted by Gasteiger charge is -2.32. The van der Waals surface area contributed by atoms with E-state index in [0.717, 1.165) is 43.9 Å². The van der Waals surface area contributed by atoms with Crippen molar-refractivity contribution in [3.05, 3.63) is 48.2 Å². The van der Waals surface area contributed by atoms with Crippen LogP contribution in [0, 0.1) is 0 Å². The van der Waals surface area contributed by atoms with Crippen molar-refractivity contribution in [2.45, 2.75) is 32.2 Å². The van der Waals surface area contributed by atoms with E-state index in [0.29, 0.717) is 18.2 Å². The highest BCUT2D eigenvalue weighted by molar-refractivity contribution is 5.94. The molecule has 3 rings (SSSR count). The van der Waals surface area contributed by atoms with Gasteiger partial charge in [0, 0.05) is 30.9 Å². The summed E-state index contributed by atoms with van der Waals surface area (Å²) in [5.41, 5.74) is 0.689. The molecular formula is C19H24N4O2. The van der Waals surface area contributed by atoms with Crippen molar-refractivity contribution in [3.63, 3.8) is 0 Å². The van der Waals surface area contributed by atoms with Crippen molar-refractivity contribution < 1.29 is 9.53 Å². The van der Waals surface area contributed by atoms with E-state index in [4.69, 9.17) is 4.74 Å². The van der Waals surface area contributed by atoms with E-state index in [1.807, 2.05) is 41.3 Å². The van der Waals surface area contributed by atoms with Crippen molar-refractivity contribution in [2.24, 2.45) is 0 Å². The molecule has 1 aromatic heterocycles. The Hall–Kier alpha value is -2.63. The van der Waals surface area contributed by atoms with Crippen LogP contribution in [-0.4, -0.2) is 46.7 Å². The molecule has 0 atom stereocenters. The Balaban J connectivity index is 1.54. The van der Waals surface area contributed by atoms with Crippen molar-refractivity contribution in [3.8, 4) is 5.75 Å². The monoisotopic (exact) mass is 340 g/mol. The fourth-order valence-electron chi connectivity index (χ4n) is 2.94. The second kappa shape index (κ2) is 8.46. The summed E-state index contributed by atoms with van der Waals surface area (Å²) in [5.74, 6) is 1.61. The predicted octanol–water partition coefficient (Wildman–Crippen LogP) is 2.98. The molecule has 1 aliphatic rings. The van der Waals surface area contributed by atoms with E-state index in [1.165, 1.54) is 0 Å². The lowest BCUT2D eigenvalue weighted by molar-refractivity contribution is 0.0718. The largest absolute Gasteiger partial charge is 0.494 e. The van der Waals surface area contributed by atoms with Crippen molar-refractivity contribution in [1.29, 1.82) is 0 Å². The van der Waals surface area contributed by atoms with Crippen molar-refractivity contribution in [2.75, 3.05) is 25.0 Å². The molecule has 1 fully saturated rings. The van der Waals surface area contributed by atoms with Gasteiger partial charge in [0.2, 0.25) is 0 Å². The fourth-order valence-corrected chi connectivity index (χ4v) is 2.94. The normalized spacial score (nSPS) is 15.0. The minimum absolute atomic E-state index is 0.0694. The molecule has 0 aliphatic carbocycles. The first kappa shape index (κ1) is 17.2. The molecule has 2 aromatic rings. The maximum Gasteiger partial charge on any atom is 0.253 e. The highest BCUT2D eigenvalue weighted by Gasteiger charge is 2.24. The number of piperidine rings is 1. The Morgan fingerprint density at radius 3 is 2.84 bits per heavy atom. The summed E-state index contributed by atoms with van der Waals surface area (Å²) < 4.78 is 5.62. The number of aromatic nitrogens is 2. The van der Waals surface area contributed by atoms with Crippen LogP contribution in [-0.2, 0) is 0 Å². The van der Waals surface area contributed by atoms with Crippen LogP contribution in [0.4, 0.5) is 5.82 Å². The Labute approximate surface area is 148 Å². The summed E-state index contributed by atoms with van der Waals surface area (Å²) in [4.78, 5) is 14.6. The average Bonchev–Trinajstić information content (AvgIpc) is 2.67. The van der Waals surface area contributed by atoms with Crippen LogP contribution in [0.2, 0.25) is 0 Å². The zero-order chi connectivity index (χ0) is 17.5. The number of hydrogen-bond donors (Lipinski definition) is 1.